The topological polar surface area (TPSA) is 63.5 Å². The number of carbonyl (C=O) groups excluding carboxylic acids is 1. The van der Waals surface area contributed by atoms with Gasteiger partial charge in [0, 0.05) is 26.2 Å². The number of nitro benzene ring substituents is 1. The van der Waals surface area contributed by atoms with Gasteiger partial charge in [0.15, 0.2) is 0 Å². The van der Waals surface area contributed by atoms with Crippen molar-refractivity contribution in [3.63, 3.8) is 0 Å². The number of rotatable bonds is 2. The minimum Gasteiger partial charge on any atom is -0.345 e. The van der Waals surface area contributed by atoms with Crippen LogP contribution in [0.1, 0.15) is 10.4 Å². The number of non-ortho nitro benzene ring substituents is 1. The number of halogens is 1. The SMILES string of the molecule is CN(C)C(=O)c1ccc([N+](=O)[O-])cc1Cl. The lowest BCUT2D eigenvalue weighted by atomic mass is 10.2. The molecule has 0 saturated heterocycles. The van der Waals surface area contributed by atoms with E-state index in [9.17, 15) is 14.9 Å². The van der Waals surface area contributed by atoms with E-state index in [1.54, 1.807) is 14.1 Å². The van der Waals surface area contributed by atoms with Crippen LogP contribution in [-0.4, -0.2) is 29.8 Å². The van der Waals surface area contributed by atoms with Crippen LogP contribution in [-0.2, 0) is 0 Å². The monoisotopic (exact) mass is 228 g/mol. The van der Waals surface area contributed by atoms with E-state index >= 15 is 0 Å². The Labute approximate surface area is 91.4 Å². The second kappa shape index (κ2) is 4.27. The van der Waals surface area contributed by atoms with Crippen LogP contribution in [0.15, 0.2) is 18.2 Å². The average Bonchev–Trinajstić information content (AvgIpc) is 2.16. The fourth-order valence-corrected chi connectivity index (χ4v) is 1.29. The molecule has 5 nitrogen and oxygen atoms in total. The molecule has 6 heteroatoms. The molecule has 0 unspecified atom stereocenters. The molecule has 1 amide bonds. The molecular weight excluding hydrogens is 220 g/mol. The van der Waals surface area contributed by atoms with E-state index in [-0.39, 0.29) is 22.2 Å². The van der Waals surface area contributed by atoms with Crippen LogP contribution in [0.2, 0.25) is 5.02 Å². The first kappa shape index (κ1) is 11.5. The smallest absolute Gasteiger partial charge is 0.270 e. The maximum Gasteiger partial charge on any atom is 0.270 e. The summed E-state index contributed by atoms with van der Waals surface area (Å²) >= 11 is 5.76. The molecule has 0 aromatic heterocycles. The van der Waals surface area contributed by atoms with Crippen molar-refractivity contribution >= 4 is 23.2 Å². The molecule has 1 rings (SSSR count). The number of nitrogens with zero attached hydrogens (tertiary/aromatic N) is 2. The van der Waals surface area contributed by atoms with Gasteiger partial charge in [-0.1, -0.05) is 11.6 Å². The van der Waals surface area contributed by atoms with Crippen LogP contribution in [0, 0.1) is 10.1 Å². The van der Waals surface area contributed by atoms with Gasteiger partial charge in [-0.2, -0.15) is 0 Å². The fourth-order valence-electron chi connectivity index (χ4n) is 1.03. The average molecular weight is 229 g/mol. The molecule has 15 heavy (non-hydrogen) atoms. The Morgan fingerprint density at radius 2 is 2.07 bits per heavy atom. The molecule has 0 heterocycles. The summed E-state index contributed by atoms with van der Waals surface area (Å²) < 4.78 is 0. The van der Waals surface area contributed by atoms with Gasteiger partial charge in [0.2, 0.25) is 0 Å². The van der Waals surface area contributed by atoms with E-state index < -0.39 is 4.92 Å². The van der Waals surface area contributed by atoms with Crippen LogP contribution < -0.4 is 0 Å². The second-order valence-corrected chi connectivity index (χ2v) is 3.53. The lowest BCUT2D eigenvalue weighted by Crippen LogP contribution is -2.21. The van der Waals surface area contributed by atoms with Crippen molar-refractivity contribution in [3.8, 4) is 0 Å². The summed E-state index contributed by atoms with van der Waals surface area (Å²) in [5, 5.41) is 10.5. The van der Waals surface area contributed by atoms with Gasteiger partial charge in [-0.3, -0.25) is 14.9 Å². The number of carbonyl (C=O) groups is 1. The van der Waals surface area contributed by atoms with Gasteiger partial charge in [-0.15, -0.1) is 0 Å². The fraction of sp³-hybridized carbons (Fsp3) is 0.222. The van der Waals surface area contributed by atoms with Gasteiger partial charge < -0.3 is 4.90 Å². The van der Waals surface area contributed by atoms with Crippen LogP contribution in [0.4, 0.5) is 5.69 Å². The molecule has 1 aromatic rings. The van der Waals surface area contributed by atoms with Crippen molar-refractivity contribution in [3.05, 3.63) is 38.9 Å². The number of benzene rings is 1. The van der Waals surface area contributed by atoms with Crippen molar-refractivity contribution in [2.75, 3.05) is 14.1 Å². The number of hydrogen-bond donors (Lipinski definition) is 0. The highest BCUT2D eigenvalue weighted by atomic mass is 35.5. The summed E-state index contributed by atoms with van der Waals surface area (Å²) in [5.74, 6) is -0.283. The zero-order chi connectivity index (χ0) is 11.6. The Hall–Kier alpha value is -1.62. The zero-order valence-electron chi connectivity index (χ0n) is 8.23. The third-order valence-electron chi connectivity index (χ3n) is 1.80. The van der Waals surface area contributed by atoms with Crippen LogP contribution in [0.3, 0.4) is 0 Å². The second-order valence-electron chi connectivity index (χ2n) is 3.12. The number of hydrogen-bond acceptors (Lipinski definition) is 3. The van der Waals surface area contributed by atoms with Crippen LogP contribution in [0.5, 0.6) is 0 Å². The summed E-state index contributed by atoms with van der Waals surface area (Å²) in [7, 11) is 3.17. The van der Waals surface area contributed by atoms with E-state index in [0.29, 0.717) is 0 Å². The molecule has 0 saturated carbocycles. The molecule has 0 atom stereocenters. The lowest BCUT2D eigenvalue weighted by Gasteiger charge is -2.10. The van der Waals surface area contributed by atoms with Gasteiger partial charge >= 0.3 is 0 Å². The van der Waals surface area contributed by atoms with Gasteiger partial charge in [-0.25, -0.2) is 0 Å². The summed E-state index contributed by atoms with van der Waals surface area (Å²) in [6.07, 6.45) is 0. The molecule has 0 radical (unpaired) electrons. The van der Waals surface area contributed by atoms with Crippen molar-refractivity contribution in [1.29, 1.82) is 0 Å². The summed E-state index contributed by atoms with van der Waals surface area (Å²) in [6.45, 7) is 0. The van der Waals surface area contributed by atoms with Crippen LogP contribution in [0.25, 0.3) is 0 Å². The summed E-state index contributed by atoms with van der Waals surface area (Å²) in [5.41, 5.74) is 0.127. The molecule has 0 N–H and O–H groups in total. The highest BCUT2D eigenvalue weighted by Gasteiger charge is 2.15. The quantitative estimate of drug-likeness (QED) is 0.574. The van der Waals surface area contributed by atoms with E-state index in [4.69, 9.17) is 11.6 Å². The molecule has 0 aliphatic carbocycles. The zero-order valence-corrected chi connectivity index (χ0v) is 8.99. The predicted octanol–water partition coefficient (Wildman–Crippen LogP) is 1.95. The highest BCUT2D eigenvalue weighted by molar-refractivity contribution is 6.34. The molecule has 0 aliphatic rings. The first-order valence-electron chi connectivity index (χ1n) is 4.09. The molecular formula is C9H9ClN2O3. The summed E-state index contributed by atoms with van der Waals surface area (Å²) in [4.78, 5) is 22.7. The van der Waals surface area contributed by atoms with Crippen molar-refractivity contribution < 1.29 is 9.72 Å². The minimum absolute atomic E-state index is 0.0860. The predicted molar refractivity (Wildman–Crippen MR) is 56.1 cm³/mol. The van der Waals surface area contributed by atoms with Gasteiger partial charge in [-0.05, 0) is 6.07 Å². The Morgan fingerprint density at radius 1 is 1.47 bits per heavy atom. The Bertz CT molecular complexity index is 418. The third kappa shape index (κ3) is 2.44. The van der Waals surface area contributed by atoms with Crippen molar-refractivity contribution in [1.82, 2.24) is 4.90 Å². The van der Waals surface area contributed by atoms with Gasteiger partial charge in [0.1, 0.15) is 0 Å². The molecule has 0 bridgehead atoms. The van der Waals surface area contributed by atoms with E-state index in [2.05, 4.69) is 0 Å². The van der Waals surface area contributed by atoms with E-state index in [1.807, 2.05) is 0 Å². The molecule has 0 aliphatic heterocycles. The van der Waals surface area contributed by atoms with E-state index in [0.717, 1.165) is 6.07 Å². The lowest BCUT2D eigenvalue weighted by molar-refractivity contribution is -0.384. The number of nitro groups is 1. The van der Waals surface area contributed by atoms with Crippen molar-refractivity contribution in [2.24, 2.45) is 0 Å². The highest BCUT2D eigenvalue weighted by Crippen LogP contribution is 2.23. The Balaban J connectivity index is 3.14. The first-order chi connectivity index (χ1) is 6.93. The molecule has 80 valence electrons. The van der Waals surface area contributed by atoms with Gasteiger partial charge in [0.05, 0.1) is 15.5 Å². The molecule has 0 spiro atoms. The van der Waals surface area contributed by atoms with E-state index in [1.165, 1.54) is 17.0 Å². The van der Waals surface area contributed by atoms with Crippen molar-refractivity contribution in [2.45, 2.75) is 0 Å². The third-order valence-corrected chi connectivity index (χ3v) is 2.11. The minimum atomic E-state index is -0.560. The molecule has 1 aromatic carbocycles. The van der Waals surface area contributed by atoms with Crippen LogP contribution >= 0.6 is 11.6 Å². The first-order valence-corrected chi connectivity index (χ1v) is 4.47. The Kier molecular flexibility index (Phi) is 3.26. The maximum absolute atomic E-state index is 11.5. The molecule has 0 fully saturated rings. The normalized spacial score (nSPS) is 9.80. The maximum atomic E-state index is 11.5. The Morgan fingerprint density at radius 3 is 2.47 bits per heavy atom. The standard InChI is InChI=1S/C9H9ClN2O3/c1-11(2)9(13)7-4-3-6(12(14)15)5-8(7)10/h3-5H,1-2H3. The van der Waals surface area contributed by atoms with Gasteiger partial charge in [0.25, 0.3) is 11.6 Å². The summed E-state index contributed by atoms with van der Waals surface area (Å²) in [6, 6.07) is 3.77. The number of amides is 1. The largest absolute Gasteiger partial charge is 0.345 e.